The predicted molar refractivity (Wildman–Crippen MR) is 159 cm³/mol. The summed E-state index contributed by atoms with van der Waals surface area (Å²) in [5.74, 6) is -2.72. The summed E-state index contributed by atoms with van der Waals surface area (Å²) >= 11 is 0. The number of methoxy groups -OCH3 is 2. The van der Waals surface area contributed by atoms with Crippen molar-refractivity contribution < 1.29 is 28.2 Å². The molecule has 0 unspecified atom stereocenters. The fourth-order valence-corrected chi connectivity index (χ4v) is 7.11. The van der Waals surface area contributed by atoms with Crippen LogP contribution in [0.2, 0.25) is 0 Å². The van der Waals surface area contributed by atoms with Crippen molar-refractivity contribution in [2.45, 2.75) is 17.5 Å². The van der Waals surface area contributed by atoms with E-state index in [1.807, 2.05) is 53.4 Å². The van der Waals surface area contributed by atoms with E-state index in [0.717, 1.165) is 17.2 Å². The lowest BCUT2D eigenvalue weighted by molar-refractivity contribution is -0.122. The third kappa shape index (κ3) is 3.75. The molecule has 7 rings (SSSR count). The molecule has 7 nitrogen and oxygen atoms in total. The van der Waals surface area contributed by atoms with Crippen molar-refractivity contribution in [3.05, 3.63) is 131 Å². The van der Waals surface area contributed by atoms with Crippen LogP contribution in [0.3, 0.4) is 0 Å². The van der Waals surface area contributed by atoms with Gasteiger partial charge in [0.15, 0.2) is 23.1 Å². The number of anilines is 1. The molecule has 3 aliphatic heterocycles. The number of nitrogens with zero attached hydrogens (tertiary/aromatic N) is 1. The number of hydrogen-bond donors (Lipinski definition) is 1. The van der Waals surface area contributed by atoms with Crippen molar-refractivity contribution in [3.8, 4) is 11.5 Å². The Bertz CT molecular complexity index is 1850. The minimum atomic E-state index is -1.51. The number of Topliss-reactive ketones (excluding diaryl/α,β-unsaturated/α-hetero) is 2. The zero-order valence-electron chi connectivity index (χ0n) is 23.4. The normalized spacial score (nSPS) is 22.9. The Hall–Kier alpha value is -5.24. The number of halogens is 1. The highest BCUT2D eigenvalue weighted by atomic mass is 19.1. The first-order valence-electron chi connectivity index (χ1n) is 13.9. The molecule has 1 amide bonds. The van der Waals surface area contributed by atoms with Crippen LogP contribution in [0.1, 0.15) is 43.4 Å². The van der Waals surface area contributed by atoms with Crippen LogP contribution in [-0.4, -0.2) is 42.6 Å². The summed E-state index contributed by atoms with van der Waals surface area (Å²) in [7, 11) is 2.86. The van der Waals surface area contributed by atoms with Crippen LogP contribution in [0.4, 0.5) is 10.1 Å². The fraction of sp³-hybridized carbons (Fsp3) is 0.171. The van der Waals surface area contributed by atoms with Gasteiger partial charge in [0.05, 0.1) is 26.2 Å². The van der Waals surface area contributed by atoms with Gasteiger partial charge in [0.25, 0.3) is 0 Å². The molecule has 3 heterocycles. The second-order valence-electron chi connectivity index (χ2n) is 10.9. The van der Waals surface area contributed by atoms with Crippen molar-refractivity contribution in [2.75, 3.05) is 19.5 Å². The Labute approximate surface area is 247 Å². The van der Waals surface area contributed by atoms with E-state index in [1.54, 1.807) is 36.5 Å². The topological polar surface area (TPSA) is 84.9 Å². The zero-order chi connectivity index (χ0) is 29.9. The first-order chi connectivity index (χ1) is 20.9. The van der Waals surface area contributed by atoms with E-state index < -0.39 is 35.0 Å². The molecule has 0 bridgehead atoms. The van der Waals surface area contributed by atoms with Crippen LogP contribution in [0.25, 0.3) is 6.08 Å². The Morgan fingerprint density at radius 3 is 2.42 bits per heavy atom. The number of fused-ring (bicyclic) bond motifs is 6. The van der Waals surface area contributed by atoms with Gasteiger partial charge < -0.3 is 19.7 Å². The first kappa shape index (κ1) is 26.6. The largest absolute Gasteiger partial charge is 0.497 e. The number of para-hydroxylation sites is 1. The summed E-state index contributed by atoms with van der Waals surface area (Å²) < 4.78 is 25.5. The molecule has 1 spiro atoms. The van der Waals surface area contributed by atoms with Crippen molar-refractivity contribution >= 4 is 29.2 Å². The zero-order valence-corrected chi connectivity index (χ0v) is 23.4. The second kappa shape index (κ2) is 9.94. The standard InChI is InChI=1S/C35H27FN2O5/c1-42-23-10-7-9-21(18-23)32(40)30-29(31(39)22-14-15-28(43-2)26(36)19-22)35(25-12-5-6-13-27(25)37-34(35)41)33-24-11-4-3-8-20(24)16-17-38(30)33/h3-19,29-30,33H,1-2H3,(H,37,41)/t29-,30-,33+,35+/m0/s1. The molecular weight excluding hydrogens is 547 g/mol. The molecule has 1 saturated heterocycles. The second-order valence-corrected chi connectivity index (χ2v) is 10.9. The maximum absolute atomic E-state index is 15.0. The van der Waals surface area contributed by atoms with E-state index >= 15 is 4.39 Å². The molecule has 3 aliphatic rings. The summed E-state index contributed by atoms with van der Waals surface area (Å²) in [6.45, 7) is 0. The van der Waals surface area contributed by atoms with Crippen LogP contribution >= 0.6 is 0 Å². The smallest absolute Gasteiger partial charge is 0.238 e. The highest BCUT2D eigenvalue weighted by Gasteiger charge is 2.70. The average molecular weight is 575 g/mol. The fourth-order valence-electron chi connectivity index (χ4n) is 7.11. The predicted octanol–water partition coefficient (Wildman–Crippen LogP) is 5.82. The van der Waals surface area contributed by atoms with E-state index in [0.29, 0.717) is 22.6 Å². The van der Waals surface area contributed by atoms with E-state index in [1.165, 1.54) is 26.4 Å². The Kier molecular flexibility index (Phi) is 6.16. The summed E-state index contributed by atoms with van der Waals surface area (Å²) in [5, 5.41) is 3.01. The van der Waals surface area contributed by atoms with Crippen molar-refractivity contribution in [1.29, 1.82) is 0 Å². The van der Waals surface area contributed by atoms with Gasteiger partial charge >= 0.3 is 0 Å². The van der Waals surface area contributed by atoms with E-state index in [-0.39, 0.29) is 23.0 Å². The summed E-state index contributed by atoms with van der Waals surface area (Å²) in [4.78, 5) is 45.8. The number of amides is 1. The van der Waals surface area contributed by atoms with Crippen LogP contribution in [0, 0.1) is 11.7 Å². The Morgan fingerprint density at radius 2 is 1.63 bits per heavy atom. The monoisotopic (exact) mass is 574 g/mol. The number of carbonyl (C=O) groups excluding carboxylic acids is 3. The van der Waals surface area contributed by atoms with Crippen LogP contribution in [0.5, 0.6) is 11.5 Å². The lowest BCUT2D eigenvalue weighted by atomic mass is 9.62. The third-order valence-electron chi connectivity index (χ3n) is 8.91. The molecule has 214 valence electrons. The van der Waals surface area contributed by atoms with Gasteiger partial charge in [-0.1, -0.05) is 54.6 Å². The van der Waals surface area contributed by atoms with Crippen molar-refractivity contribution in [1.82, 2.24) is 4.90 Å². The molecule has 0 aliphatic carbocycles. The SMILES string of the molecule is COc1cccc(C(=O)[C@@H]2[C@@H](C(=O)c3ccc(OC)c(F)c3)[C@@]3(C(=O)Nc4ccccc43)[C@H]3c4ccccc4C=CN23)c1. The molecule has 1 N–H and O–H groups in total. The highest BCUT2D eigenvalue weighted by Crippen LogP contribution is 2.62. The van der Waals surface area contributed by atoms with Gasteiger partial charge in [-0.15, -0.1) is 0 Å². The molecule has 0 aromatic heterocycles. The van der Waals surface area contributed by atoms with Gasteiger partial charge in [0, 0.05) is 23.0 Å². The third-order valence-corrected chi connectivity index (χ3v) is 8.91. The molecule has 43 heavy (non-hydrogen) atoms. The lowest BCUT2D eigenvalue weighted by Crippen LogP contribution is -2.49. The first-order valence-corrected chi connectivity index (χ1v) is 13.9. The van der Waals surface area contributed by atoms with Crippen molar-refractivity contribution in [2.24, 2.45) is 5.92 Å². The van der Waals surface area contributed by atoms with Crippen LogP contribution < -0.4 is 14.8 Å². The molecule has 0 saturated carbocycles. The number of ether oxygens (including phenoxy) is 2. The number of ketones is 2. The average Bonchev–Trinajstić information content (AvgIpc) is 3.52. The maximum Gasteiger partial charge on any atom is 0.238 e. The summed E-state index contributed by atoms with van der Waals surface area (Å²) in [5.41, 5.74) is 1.76. The minimum absolute atomic E-state index is 0.0140. The number of hydrogen-bond acceptors (Lipinski definition) is 6. The molecule has 4 aromatic rings. The Morgan fingerprint density at radius 1 is 0.860 bits per heavy atom. The van der Waals surface area contributed by atoms with Gasteiger partial charge in [0.1, 0.15) is 17.2 Å². The highest BCUT2D eigenvalue weighted by molar-refractivity contribution is 6.16. The van der Waals surface area contributed by atoms with Gasteiger partial charge in [-0.3, -0.25) is 14.4 Å². The van der Waals surface area contributed by atoms with Gasteiger partial charge in [-0.2, -0.15) is 0 Å². The minimum Gasteiger partial charge on any atom is -0.497 e. The number of carbonyl (C=O) groups is 3. The number of nitrogens with one attached hydrogen (secondary N) is 1. The van der Waals surface area contributed by atoms with E-state index in [4.69, 9.17) is 9.47 Å². The number of benzene rings is 4. The van der Waals surface area contributed by atoms with Gasteiger partial charge in [0.2, 0.25) is 5.91 Å². The molecule has 8 heteroatoms. The quantitative estimate of drug-likeness (QED) is 0.292. The molecule has 0 radical (unpaired) electrons. The molecule has 4 aromatic carbocycles. The van der Waals surface area contributed by atoms with E-state index in [2.05, 4.69) is 5.32 Å². The van der Waals surface area contributed by atoms with Crippen molar-refractivity contribution in [3.63, 3.8) is 0 Å². The summed E-state index contributed by atoms with van der Waals surface area (Å²) in [6, 6.07) is 23.8. The summed E-state index contributed by atoms with van der Waals surface area (Å²) in [6.07, 6.45) is 3.69. The molecule has 4 atom stereocenters. The number of rotatable bonds is 6. The van der Waals surface area contributed by atoms with Gasteiger partial charge in [-0.25, -0.2) is 4.39 Å². The molecule has 1 fully saturated rings. The van der Waals surface area contributed by atoms with Crippen LogP contribution in [-0.2, 0) is 10.2 Å². The lowest BCUT2D eigenvalue weighted by Gasteiger charge is -2.38. The molecular formula is C35H27FN2O5. The van der Waals surface area contributed by atoms with Gasteiger partial charge in [-0.05, 0) is 59.2 Å². The van der Waals surface area contributed by atoms with E-state index in [9.17, 15) is 14.4 Å². The van der Waals surface area contributed by atoms with Crippen LogP contribution in [0.15, 0.2) is 97.2 Å². The maximum atomic E-state index is 15.0. The Balaban J connectivity index is 1.52.